The molecule has 0 aliphatic rings. The predicted octanol–water partition coefficient (Wildman–Crippen LogP) is 4.28. The number of hydrogen-bond donors (Lipinski definition) is 1. The summed E-state index contributed by atoms with van der Waals surface area (Å²) < 4.78 is 50.9. The Balaban J connectivity index is 3.21. The van der Waals surface area contributed by atoms with E-state index in [1.54, 1.807) is 0 Å². The molecule has 0 saturated heterocycles. The first kappa shape index (κ1) is 15.0. The Morgan fingerprint density at radius 2 is 1.78 bits per heavy atom. The first-order chi connectivity index (χ1) is 8.09. The summed E-state index contributed by atoms with van der Waals surface area (Å²) in [7, 11) is 0. The van der Waals surface area contributed by atoms with E-state index >= 15 is 0 Å². The van der Waals surface area contributed by atoms with Gasteiger partial charge in [0.1, 0.15) is 5.82 Å². The van der Waals surface area contributed by atoms with Crippen LogP contribution in [0.2, 0.25) is 0 Å². The topological polar surface area (TPSA) is 26.0 Å². The maximum Gasteiger partial charge on any atom is 0.419 e. The maximum atomic E-state index is 13.1. The van der Waals surface area contributed by atoms with E-state index in [1.807, 2.05) is 20.8 Å². The molecule has 2 N–H and O–H groups in total. The molecule has 0 bridgehead atoms. The molecule has 1 nitrogen and oxygen atoms in total. The van der Waals surface area contributed by atoms with E-state index in [0.29, 0.717) is 12.0 Å². The van der Waals surface area contributed by atoms with E-state index in [0.717, 1.165) is 12.1 Å². The third-order valence-corrected chi connectivity index (χ3v) is 3.41. The molecule has 0 radical (unpaired) electrons. The van der Waals surface area contributed by atoms with Crippen molar-refractivity contribution < 1.29 is 17.6 Å². The van der Waals surface area contributed by atoms with Gasteiger partial charge in [-0.15, -0.1) is 0 Å². The normalized spacial score (nSPS) is 14.7. The molecule has 1 unspecified atom stereocenters. The third kappa shape index (κ3) is 3.02. The van der Waals surface area contributed by atoms with Gasteiger partial charge in [-0.2, -0.15) is 13.2 Å². The fourth-order valence-corrected chi connectivity index (χ4v) is 1.62. The lowest BCUT2D eigenvalue weighted by Crippen LogP contribution is -2.29. The van der Waals surface area contributed by atoms with Gasteiger partial charge in [-0.3, -0.25) is 0 Å². The molecule has 0 amide bonds. The summed E-state index contributed by atoms with van der Waals surface area (Å²) in [4.78, 5) is 0. The Morgan fingerprint density at radius 3 is 2.22 bits per heavy atom. The molecule has 0 aromatic heterocycles. The lowest BCUT2D eigenvalue weighted by molar-refractivity contribution is -0.140. The van der Waals surface area contributed by atoms with Gasteiger partial charge in [-0.1, -0.05) is 26.8 Å². The molecule has 1 rings (SSSR count). The van der Waals surface area contributed by atoms with E-state index in [1.165, 1.54) is 6.07 Å². The SMILES string of the molecule is CCC(C)(C)C(N)c1ccc(F)c(C(F)(F)F)c1. The molecule has 0 spiro atoms. The van der Waals surface area contributed by atoms with Gasteiger partial charge in [0.2, 0.25) is 0 Å². The second-order valence-corrected chi connectivity index (χ2v) is 5.06. The van der Waals surface area contributed by atoms with Crippen molar-refractivity contribution in [1.29, 1.82) is 0 Å². The van der Waals surface area contributed by atoms with Crippen LogP contribution in [0.25, 0.3) is 0 Å². The Kier molecular flexibility index (Phi) is 4.05. The van der Waals surface area contributed by atoms with Crippen molar-refractivity contribution in [2.24, 2.45) is 11.1 Å². The van der Waals surface area contributed by atoms with E-state index in [9.17, 15) is 17.6 Å². The highest BCUT2D eigenvalue weighted by Crippen LogP contribution is 2.37. The lowest BCUT2D eigenvalue weighted by Gasteiger charge is -2.31. The summed E-state index contributed by atoms with van der Waals surface area (Å²) in [6.07, 6.45) is -3.98. The standard InChI is InChI=1S/C13H17F4N/c1-4-12(2,3)11(18)8-5-6-10(14)9(7-8)13(15,16)17/h5-7,11H,4,18H2,1-3H3. The fraction of sp³-hybridized carbons (Fsp3) is 0.538. The van der Waals surface area contributed by atoms with Crippen LogP contribution in [0.5, 0.6) is 0 Å². The van der Waals surface area contributed by atoms with Crippen LogP contribution >= 0.6 is 0 Å². The number of benzene rings is 1. The molecule has 1 aromatic carbocycles. The molecule has 1 atom stereocenters. The summed E-state index contributed by atoms with van der Waals surface area (Å²) in [5.41, 5.74) is 4.65. The summed E-state index contributed by atoms with van der Waals surface area (Å²) in [5, 5.41) is 0. The van der Waals surface area contributed by atoms with Crippen LogP contribution in [-0.4, -0.2) is 0 Å². The Bertz CT molecular complexity index is 423. The van der Waals surface area contributed by atoms with Gasteiger partial charge in [0.15, 0.2) is 0 Å². The number of halogens is 4. The molecule has 1 aromatic rings. The second-order valence-electron chi connectivity index (χ2n) is 5.06. The minimum absolute atomic E-state index is 0.301. The van der Waals surface area contributed by atoms with Gasteiger partial charge in [0, 0.05) is 6.04 Å². The van der Waals surface area contributed by atoms with E-state index in [4.69, 9.17) is 5.73 Å². The van der Waals surface area contributed by atoms with Crippen LogP contribution in [-0.2, 0) is 6.18 Å². The van der Waals surface area contributed by atoms with Crippen LogP contribution in [0.1, 0.15) is 44.4 Å². The van der Waals surface area contributed by atoms with Crippen molar-refractivity contribution in [3.63, 3.8) is 0 Å². The van der Waals surface area contributed by atoms with Crippen molar-refractivity contribution in [2.45, 2.75) is 39.4 Å². The highest BCUT2D eigenvalue weighted by Gasteiger charge is 2.35. The number of alkyl halides is 3. The molecule has 0 aliphatic heterocycles. The Morgan fingerprint density at radius 1 is 1.22 bits per heavy atom. The van der Waals surface area contributed by atoms with E-state index < -0.39 is 23.6 Å². The summed E-state index contributed by atoms with van der Waals surface area (Å²) in [6, 6.07) is 2.37. The third-order valence-electron chi connectivity index (χ3n) is 3.41. The molecular weight excluding hydrogens is 246 g/mol. The van der Waals surface area contributed by atoms with Gasteiger partial charge >= 0.3 is 6.18 Å². The first-order valence-electron chi connectivity index (χ1n) is 5.72. The lowest BCUT2D eigenvalue weighted by atomic mass is 9.78. The van der Waals surface area contributed by atoms with E-state index in [-0.39, 0.29) is 5.41 Å². The smallest absolute Gasteiger partial charge is 0.324 e. The van der Waals surface area contributed by atoms with Crippen molar-refractivity contribution in [2.75, 3.05) is 0 Å². The fourth-order valence-electron chi connectivity index (χ4n) is 1.62. The quantitative estimate of drug-likeness (QED) is 0.809. The maximum absolute atomic E-state index is 13.1. The zero-order chi connectivity index (χ0) is 14.1. The molecule has 5 heteroatoms. The molecule has 0 saturated carbocycles. The zero-order valence-electron chi connectivity index (χ0n) is 10.6. The highest BCUT2D eigenvalue weighted by molar-refractivity contribution is 5.30. The van der Waals surface area contributed by atoms with Crippen LogP contribution < -0.4 is 5.73 Å². The number of hydrogen-bond acceptors (Lipinski definition) is 1. The van der Waals surface area contributed by atoms with Gasteiger partial charge in [0.05, 0.1) is 5.56 Å². The van der Waals surface area contributed by atoms with Crippen molar-refractivity contribution in [1.82, 2.24) is 0 Å². The largest absolute Gasteiger partial charge is 0.419 e. The van der Waals surface area contributed by atoms with Crippen LogP contribution in [0.15, 0.2) is 18.2 Å². The number of rotatable bonds is 3. The number of nitrogens with two attached hydrogens (primary N) is 1. The highest BCUT2D eigenvalue weighted by atomic mass is 19.4. The average molecular weight is 263 g/mol. The van der Waals surface area contributed by atoms with E-state index in [2.05, 4.69) is 0 Å². The second kappa shape index (κ2) is 4.88. The summed E-state index contributed by atoms with van der Waals surface area (Å²) >= 11 is 0. The molecule has 0 aliphatic carbocycles. The minimum Gasteiger partial charge on any atom is -0.324 e. The van der Waals surface area contributed by atoms with Crippen LogP contribution in [0.4, 0.5) is 17.6 Å². The summed E-state index contributed by atoms with van der Waals surface area (Å²) in [6.45, 7) is 5.65. The van der Waals surface area contributed by atoms with Gasteiger partial charge in [0.25, 0.3) is 0 Å². The van der Waals surface area contributed by atoms with Crippen molar-refractivity contribution in [3.05, 3.63) is 35.1 Å². The molecule has 102 valence electrons. The Labute approximate surface area is 104 Å². The Hall–Kier alpha value is -1.10. The molecule has 0 fully saturated rings. The van der Waals surface area contributed by atoms with Gasteiger partial charge in [-0.25, -0.2) is 4.39 Å². The van der Waals surface area contributed by atoms with Crippen molar-refractivity contribution >= 4 is 0 Å². The van der Waals surface area contributed by atoms with Gasteiger partial charge in [-0.05, 0) is 29.5 Å². The molecular formula is C13H17F4N. The average Bonchev–Trinajstić information content (AvgIpc) is 2.27. The minimum atomic E-state index is -4.70. The van der Waals surface area contributed by atoms with Crippen molar-refractivity contribution in [3.8, 4) is 0 Å². The monoisotopic (exact) mass is 263 g/mol. The van der Waals surface area contributed by atoms with Crippen LogP contribution in [0, 0.1) is 11.2 Å². The zero-order valence-corrected chi connectivity index (χ0v) is 10.6. The van der Waals surface area contributed by atoms with Crippen LogP contribution in [0.3, 0.4) is 0 Å². The first-order valence-corrected chi connectivity index (χ1v) is 5.72. The van der Waals surface area contributed by atoms with Gasteiger partial charge < -0.3 is 5.73 Å². The summed E-state index contributed by atoms with van der Waals surface area (Å²) in [5.74, 6) is -1.27. The molecule has 0 heterocycles. The molecule has 18 heavy (non-hydrogen) atoms. The predicted molar refractivity (Wildman–Crippen MR) is 62.4 cm³/mol.